The van der Waals surface area contributed by atoms with Crippen LogP contribution in [0.1, 0.15) is 82.4 Å². The molecule has 3 unspecified atom stereocenters. The summed E-state index contributed by atoms with van der Waals surface area (Å²) in [4.78, 5) is 0. The molecule has 4 aliphatic rings. The molecule has 4 aliphatic carbocycles. The summed E-state index contributed by atoms with van der Waals surface area (Å²) in [6.45, 7) is 0. The standard InChI is InChI=1S/C44H35.V/c1-28(25-29-13-3-2-4-14-29)26-31-27-40(33-18-8-7-17-32(31)33)39-24-12-23-38-37-22-11-21-36-34-19-9-10-20-35(34)41(30-15-5-6-16-30)44(42(36)37)43(38)39;/h2-4,7-14,17-24,26-27,30,40-41,44H,5-6,15-16,25H2;/q-1;+2. The van der Waals surface area contributed by atoms with Gasteiger partial charge in [0.25, 0.3) is 0 Å². The third-order valence-electron chi connectivity index (χ3n) is 11.0. The van der Waals surface area contributed by atoms with E-state index in [2.05, 4.69) is 149 Å². The molecule has 0 saturated heterocycles. The van der Waals surface area contributed by atoms with Crippen molar-refractivity contribution in [1.29, 1.82) is 0 Å². The summed E-state index contributed by atoms with van der Waals surface area (Å²) >= 11 is 2.56. The SMILES string of the molecule is [V+2]=[C-]C(=CC1=CC(c2cccc3c2C2c4c(cccc4-3)-c3ccccc3C2C2CCCC2)c2ccccc21)Cc1ccccc1. The van der Waals surface area contributed by atoms with Crippen LogP contribution in [0.5, 0.6) is 0 Å². The fourth-order valence-electron chi connectivity index (χ4n) is 9.26. The van der Waals surface area contributed by atoms with Crippen molar-refractivity contribution in [2.45, 2.75) is 49.9 Å². The van der Waals surface area contributed by atoms with Gasteiger partial charge in [0.1, 0.15) is 0 Å². The van der Waals surface area contributed by atoms with Crippen LogP contribution >= 0.6 is 0 Å². The number of fused-ring (bicyclic) bond motifs is 6. The molecule has 1 fully saturated rings. The Morgan fingerprint density at radius 3 is 2.00 bits per heavy atom. The third kappa shape index (κ3) is 4.38. The zero-order valence-corrected chi connectivity index (χ0v) is 26.8. The van der Waals surface area contributed by atoms with Gasteiger partial charge in [-0.15, -0.1) is 0 Å². The molecule has 5 aromatic carbocycles. The van der Waals surface area contributed by atoms with E-state index in [0.29, 0.717) is 11.8 Å². The molecular weight excluding hydrogens is 579 g/mol. The summed E-state index contributed by atoms with van der Waals surface area (Å²) in [5.41, 5.74) is 18.7. The number of rotatable bonds is 6. The Morgan fingerprint density at radius 1 is 0.622 bits per heavy atom. The predicted molar refractivity (Wildman–Crippen MR) is 183 cm³/mol. The summed E-state index contributed by atoms with van der Waals surface area (Å²) in [7, 11) is 0. The van der Waals surface area contributed by atoms with E-state index in [9.17, 15) is 0 Å². The first-order valence-electron chi connectivity index (χ1n) is 16.6. The predicted octanol–water partition coefficient (Wildman–Crippen LogP) is 10.7. The minimum absolute atomic E-state index is 0.228. The van der Waals surface area contributed by atoms with Crippen molar-refractivity contribution in [1.82, 2.24) is 0 Å². The van der Waals surface area contributed by atoms with Gasteiger partial charge in [0.2, 0.25) is 0 Å². The van der Waals surface area contributed by atoms with Crippen LogP contribution in [-0.4, -0.2) is 4.73 Å². The van der Waals surface area contributed by atoms with Crippen LogP contribution < -0.4 is 0 Å². The van der Waals surface area contributed by atoms with Crippen molar-refractivity contribution < 1.29 is 17.0 Å². The molecule has 0 spiro atoms. The number of allylic oxidation sites excluding steroid dienone is 4. The average molecular weight is 615 g/mol. The van der Waals surface area contributed by atoms with E-state index in [1.54, 1.807) is 16.7 Å². The number of hydrogen-bond donors (Lipinski definition) is 0. The van der Waals surface area contributed by atoms with E-state index in [0.717, 1.165) is 12.3 Å². The molecule has 3 atom stereocenters. The normalized spacial score (nSPS) is 21.2. The quantitative estimate of drug-likeness (QED) is 0.167. The number of hydrogen-bond acceptors (Lipinski definition) is 0. The van der Waals surface area contributed by atoms with Crippen LogP contribution in [0.3, 0.4) is 0 Å². The van der Waals surface area contributed by atoms with Crippen molar-refractivity contribution >= 4 is 10.3 Å². The van der Waals surface area contributed by atoms with Crippen molar-refractivity contribution in [3.05, 3.63) is 172 Å². The first-order valence-corrected chi connectivity index (χ1v) is 17.3. The Labute approximate surface area is 276 Å². The van der Waals surface area contributed by atoms with Crippen LogP contribution in [-0.2, 0) is 23.4 Å². The van der Waals surface area contributed by atoms with Crippen molar-refractivity contribution in [2.24, 2.45) is 5.92 Å². The van der Waals surface area contributed by atoms with Gasteiger partial charge in [-0.2, -0.15) is 0 Å². The number of benzene rings is 5. The first-order chi connectivity index (χ1) is 22.3. The van der Waals surface area contributed by atoms with Gasteiger partial charge in [0, 0.05) is 0 Å². The molecule has 0 N–H and O–H groups in total. The van der Waals surface area contributed by atoms with Gasteiger partial charge in [-0.3, -0.25) is 0 Å². The first kappa shape index (κ1) is 27.4. The van der Waals surface area contributed by atoms with Crippen molar-refractivity contribution in [3.8, 4) is 22.3 Å². The summed E-state index contributed by atoms with van der Waals surface area (Å²) in [6.07, 6.45) is 11.2. The van der Waals surface area contributed by atoms with Crippen LogP contribution in [0.25, 0.3) is 27.8 Å². The van der Waals surface area contributed by atoms with Crippen LogP contribution in [0, 0.1) is 5.92 Å². The molecular formula is C44H35V+. The topological polar surface area (TPSA) is 0 Å². The van der Waals surface area contributed by atoms with Gasteiger partial charge >= 0.3 is 246 Å². The van der Waals surface area contributed by atoms with Gasteiger partial charge in [0.05, 0.1) is 0 Å². The van der Waals surface area contributed by atoms with Gasteiger partial charge < -0.3 is 0 Å². The summed E-state index contributed by atoms with van der Waals surface area (Å²) in [5.74, 6) is 1.89. The Bertz CT molecular complexity index is 2020. The van der Waals surface area contributed by atoms with Gasteiger partial charge in [0.15, 0.2) is 0 Å². The Morgan fingerprint density at radius 2 is 1.22 bits per heavy atom. The maximum absolute atomic E-state index is 3.45. The zero-order valence-electron chi connectivity index (χ0n) is 25.4. The van der Waals surface area contributed by atoms with E-state index >= 15 is 0 Å². The Kier molecular flexibility index (Phi) is 6.76. The van der Waals surface area contributed by atoms with Gasteiger partial charge in [-0.05, 0) is 0 Å². The van der Waals surface area contributed by atoms with E-state index in [-0.39, 0.29) is 5.92 Å². The third-order valence-corrected chi connectivity index (χ3v) is 11.5. The van der Waals surface area contributed by atoms with E-state index in [4.69, 9.17) is 0 Å². The fourth-order valence-corrected chi connectivity index (χ4v) is 9.49. The molecule has 0 bridgehead atoms. The van der Waals surface area contributed by atoms with Crippen LogP contribution in [0.2, 0.25) is 0 Å². The summed E-state index contributed by atoms with van der Waals surface area (Å²) in [6, 6.07) is 43.4. The van der Waals surface area contributed by atoms with Gasteiger partial charge in [-0.25, -0.2) is 0 Å². The zero-order chi connectivity index (χ0) is 29.9. The molecule has 1 heteroatoms. The molecule has 0 aromatic heterocycles. The average Bonchev–Trinajstić information content (AvgIpc) is 3.84. The van der Waals surface area contributed by atoms with Gasteiger partial charge in [-0.1, -0.05) is 31.0 Å². The molecule has 0 heterocycles. The van der Waals surface area contributed by atoms with Crippen molar-refractivity contribution in [3.63, 3.8) is 0 Å². The van der Waals surface area contributed by atoms with E-state index < -0.39 is 0 Å². The second-order valence-electron chi connectivity index (χ2n) is 13.3. The van der Waals surface area contributed by atoms with E-state index in [1.165, 1.54) is 81.3 Å². The summed E-state index contributed by atoms with van der Waals surface area (Å²) in [5, 5.41) is 0. The Hall–Kier alpha value is -3.97. The minimum atomic E-state index is 0.228. The fraction of sp³-hybridized carbons (Fsp3) is 0.205. The second-order valence-corrected chi connectivity index (χ2v) is 13.7. The Balaban J connectivity index is 1.22. The maximum atomic E-state index is 3.45. The summed E-state index contributed by atoms with van der Waals surface area (Å²) < 4.78 is 3.45. The molecule has 0 nitrogen and oxygen atoms in total. The second kappa shape index (κ2) is 11.1. The molecule has 1 saturated carbocycles. The molecule has 215 valence electrons. The molecule has 0 amide bonds. The van der Waals surface area contributed by atoms with E-state index in [1.807, 2.05) is 0 Å². The molecule has 9 rings (SSSR count). The molecule has 45 heavy (non-hydrogen) atoms. The van der Waals surface area contributed by atoms with Crippen LogP contribution in [0.15, 0.2) is 133 Å². The van der Waals surface area contributed by atoms with Crippen molar-refractivity contribution in [2.75, 3.05) is 0 Å². The molecule has 0 radical (unpaired) electrons. The monoisotopic (exact) mass is 614 g/mol. The molecule has 5 aromatic rings. The molecule has 0 aliphatic heterocycles. The van der Waals surface area contributed by atoms with Crippen LogP contribution in [0.4, 0.5) is 0 Å².